The summed E-state index contributed by atoms with van der Waals surface area (Å²) in [7, 11) is 1.62. The molecule has 1 amide bonds. The van der Waals surface area contributed by atoms with Crippen LogP contribution in [0.4, 0.5) is 10.2 Å². The van der Waals surface area contributed by atoms with E-state index in [1.165, 1.54) is 12.1 Å². The van der Waals surface area contributed by atoms with Crippen LogP contribution in [0.2, 0.25) is 0 Å². The lowest BCUT2D eigenvalue weighted by Gasteiger charge is -2.08. The lowest BCUT2D eigenvalue weighted by atomic mass is 10.1. The number of methoxy groups -OCH3 is 1. The molecule has 2 aromatic carbocycles. The maximum absolute atomic E-state index is 12.9. The number of benzene rings is 2. The number of carbonyl (C=O) groups excluding carboxylic acids is 1. The Labute approximate surface area is 163 Å². The van der Waals surface area contributed by atoms with Crippen molar-refractivity contribution in [2.24, 2.45) is 0 Å². The van der Waals surface area contributed by atoms with Crippen molar-refractivity contribution in [2.45, 2.75) is 13.0 Å². The monoisotopic (exact) mass is 379 g/mol. The van der Waals surface area contributed by atoms with Crippen LogP contribution in [0.15, 0.2) is 66.9 Å². The molecule has 0 aliphatic rings. The highest BCUT2D eigenvalue weighted by molar-refractivity contribution is 5.94. The highest BCUT2D eigenvalue weighted by Gasteiger charge is 2.06. The van der Waals surface area contributed by atoms with Crippen LogP contribution >= 0.6 is 0 Å². The first kappa shape index (κ1) is 19.4. The summed E-state index contributed by atoms with van der Waals surface area (Å²) in [6, 6.07) is 17.5. The van der Waals surface area contributed by atoms with Gasteiger partial charge in [-0.15, -0.1) is 0 Å². The summed E-state index contributed by atoms with van der Waals surface area (Å²) in [5.41, 5.74) is 2.53. The molecule has 28 heavy (non-hydrogen) atoms. The molecule has 3 aromatic rings. The third-order valence-corrected chi connectivity index (χ3v) is 4.27. The summed E-state index contributed by atoms with van der Waals surface area (Å²) in [5, 5.41) is 6.06. The van der Waals surface area contributed by atoms with Gasteiger partial charge in [0.2, 0.25) is 0 Å². The molecule has 0 radical (unpaired) electrons. The van der Waals surface area contributed by atoms with Crippen molar-refractivity contribution in [2.75, 3.05) is 19.0 Å². The third kappa shape index (κ3) is 5.54. The first-order chi connectivity index (χ1) is 13.6. The van der Waals surface area contributed by atoms with Crippen LogP contribution < -0.4 is 15.4 Å². The van der Waals surface area contributed by atoms with E-state index in [1.54, 1.807) is 37.6 Å². The lowest BCUT2D eigenvalue weighted by molar-refractivity contribution is 0.0950. The predicted molar refractivity (Wildman–Crippen MR) is 107 cm³/mol. The van der Waals surface area contributed by atoms with E-state index in [0.717, 1.165) is 23.3 Å². The maximum Gasteiger partial charge on any atom is 0.253 e. The van der Waals surface area contributed by atoms with E-state index in [4.69, 9.17) is 4.74 Å². The normalized spacial score (nSPS) is 10.4. The van der Waals surface area contributed by atoms with Crippen molar-refractivity contribution in [1.29, 1.82) is 0 Å². The minimum atomic E-state index is -0.237. The number of carbonyl (C=O) groups is 1. The number of hydrogen-bond acceptors (Lipinski definition) is 4. The Morgan fingerprint density at radius 3 is 2.36 bits per heavy atom. The predicted octanol–water partition coefficient (Wildman–Crippen LogP) is 3.81. The van der Waals surface area contributed by atoms with Crippen LogP contribution in [0.1, 0.15) is 21.5 Å². The molecule has 3 rings (SSSR count). The first-order valence-corrected chi connectivity index (χ1v) is 8.99. The molecule has 0 aliphatic carbocycles. The molecule has 0 aliphatic heterocycles. The topological polar surface area (TPSA) is 63.2 Å². The molecule has 0 fully saturated rings. The van der Waals surface area contributed by atoms with Gasteiger partial charge in [0.05, 0.1) is 12.7 Å². The van der Waals surface area contributed by atoms with E-state index in [2.05, 4.69) is 15.6 Å². The Morgan fingerprint density at radius 2 is 1.71 bits per heavy atom. The number of nitrogens with zero attached hydrogens (tertiary/aromatic N) is 1. The summed E-state index contributed by atoms with van der Waals surface area (Å²) >= 11 is 0. The second-order valence-electron chi connectivity index (χ2n) is 6.27. The quantitative estimate of drug-likeness (QED) is 0.625. The standard InChI is InChI=1S/C22H22FN3O2/c1-28-20-9-4-17(5-10-20)14-26-22(27)18-6-11-21(25-15-18)24-13-12-16-2-7-19(23)8-3-16/h2-11,15H,12-14H2,1H3,(H,24,25)(H,26,27). The molecule has 1 heterocycles. The Balaban J connectivity index is 1.46. The molecular formula is C22H22FN3O2. The van der Waals surface area contributed by atoms with Gasteiger partial charge in [-0.25, -0.2) is 9.37 Å². The molecule has 144 valence electrons. The van der Waals surface area contributed by atoms with Crippen molar-refractivity contribution < 1.29 is 13.9 Å². The smallest absolute Gasteiger partial charge is 0.253 e. The van der Waals surface area contributed by atoms with Gasteiger partial charge in [0.15, 0.2) is 0 Å². The van der Waals surface area contributed by atoms with Gasteiger partial charge in [-0.1, -0.05) is 24.3 Å². The minimum Gasteiger partial charge on any atom is -0.497 e. The molecule has 2 N–H and O–H groups in total. The van der Waals surface area contributed by atoms with Crippen LogP contribution in [0.5, 0.6) is 5.75 Å². The van der Waals surface area contributed by atoms with Crippen LogP contribution in [0.3, 0.4) is 0 Å². The summed E-state index contributed by atoms with van der Waals surface area (Å²) < 4.78 is 18.0. The number of amides is 1. The van der Waals surface area contributed by atoms with Crippen molar-refractivity contribution in [3.8, 4) is 5.75 Å². The zero-order valence-corrected chi connectivity index (χ0v) is 15.6. The summed E-state index contributed by atoms with van der Waals surface area (Å²) in [6.07, 6.45) is 2.30. The largest absolute Gasteiger partial charge is 0.497 e. The lowest BCUT2D eigenvalue weighted by Crippen LogP contribution is -2.23. The van der Waals surface area contributed by atoms with Crippen LogP contribution in [0.25, 0.3) is 0 Å². The maximum atomic E-state index is 12.9. The summed E-state index contributed by atoms with van der Waals surface area (Å²) in [6.45, 7) is 1.10. The SMILES string of the molecule is COc1ccc(CNC(=O)c2ccc(NCCc3ccc(F)cc3)nc2)cc1. The Kier molecular flexibility index (Phi) is 6.57. The number of halogens is 1. The van der Waals surface area contributed by atoms with Crippen LogP contribution in [-0.4, -0.2) is 24.5 Å². The molecule has 0 saturated carbocycles. The van der Waals surface area contributed by atoms with E-state index in [-0.39, 0.29) is 11.7 Å². The molecule has 0 unspecified atom stereocenters. The van der Waals surface area contributed by atoms with Crippen molar-refractivity contribution >= 4 is 11.7 Å². The number of hydrogen-bond donors (Lipinski definition) is 2. The fraction of sp³-hybridized carbons (Fsp3) is 0.182. The van der Waals surface area contributed by atoms with Crippen molar-refractivity contribution in [1.82, 2.24) is 10.3 Å². The van der Waals surface area contributed by atoms with Crippen molar-refractivity contribution in [3.63, 3.8) is 0 Å². The minimum absolute atomic E-state index is 0.179. The van der Waals surface area contributed by atoms with E-state index >= 15 is 0 Å². The highest BCUT2D eigenvalue weighted by Crippen LogP contribution is 2.11. The van der Waals surface area contributed by atoms with Gasteiger partial charge in [-0.05, 0) is 53.9 Å². The van der Waals surface area contributed by atoms with Gasteiger partial charge in [0.1, 0.15) is 17.4 Å². The Hall–Kier alpha value is -3.41. The van der Waals surface area contributed by atoms with Crippen LogP contribution in [-0.2, 0) is 13.0 Å². The number of ether oxygens (including phenoxy) is 1. The molecule has 0 atom stereocenters. The average Bonchev–Trinajstić information content (AvgIpc) is 2.74. The van der Waals surface area contributed by atoms with Gasteiger partial charge in [0, 0.05) is 19.3 Å². The van der Waals surface area contributed by atoms with E-state index in [1.807, 2.05) is 24.3 Å². The number of aromatic nitrogens is 1. The number of nitrogens with one attached hydrogen (secondary N) is 2. The molecule has 5 nitrogen and oxygen atoms in total. The summed E-state index contributed by atoms with van der Waals surface area (Å²) in [4.78, 5) is 16.5. The zero-order chi connectivity index (χ0) is 19.8. The number of pyridine rings is 1. The summed E-state index contributed by atoms with van der Waals surface area (Å²) in [5.74, 6) is 1.05. The number of anilines is 1. The van der Waals surface area contributed by atoms with Crippen LogP contribution in [0, 0.1) is 5.82 Å². The van der Waals surface area contributed by atoms with Gasteiger partial charge < -0.3 is 15.4 Å². The third-order valence-electron chi connectivity index (χ3n) is 4.27. The fourth-order valence-corrected chi connectivity index (χ4v) is 2.65. The van der Waals surface area contributed by atoms with Gasteiger partial charge >= 0.3 is 0 Å². The van der Waals surface area contributed by atoms with E-state index in [0.29, 0.717) is 24.5 Å². The van der Waals surface area contributed by atoms with E-state index in [9.17, 15) is 9.18 Å². The number of rotatable bonds is 8. The second kappa shape index (κ2) is 9.50. The molecule has 6 heteroatoms. The Bertz CT molecular complexity index is 895. The molecule has 0 saturated heterocycles. The van der Waals surface area contributed by atoms with Crippen molar-refractivity contribution in [3.05, 3.63) is 89.4 Å². The molecular weight excluding hydrogens is 357 g/mol. The zero-order valence-electron chi connectivity index (χ0n) is 15.6. The van der Waals surface area contributed by atoms with E-state index < -0.39 is 0 Å². The highest BCUT2D eigenvalue weighted by atomic mass is 19.1. The first-order valence-electron chi connectivity index (χ1n) is 8.99. The molecule has 0 bridgehead atoms. The second-order valence-corrected chi connectivity index (χ2v) is 6.27. The molecule has 1 aromatic heterocycles. The van der Waals surface area contributed by atoms with Gasteiger partial charge in [-0.3, -0.25) is 4.79 Å². The average molecular weight is 379 g/mol. The fourth-order valence-electron chi connectivity index (χ4n) is 2.65. The van der Waals surface area contributed by atoms with Gasteiger partial charge in [-0.2, -0.15) is 0 Å². The molecule has 0 spiro atoms. The Morgan fingerprint density at radius 1 is 1.00 bits per heavy atom. The van der Waals surface area contributed by atoms with Gasteiger partial charge in [0.25, 0.3) is 5.91 Å².